The smallest absolute Gasteiger partial charge is 0.337 e. The first kappa shape index (κ1) is 15.5. The number of pyridine rings is 1. The van der Waals surface area contributed by atoms with Crippen LogP contribution in [0.5, 0.6) is 0 Å². The van der Waals surface area contributed by atoms with Crippen molar-refractivity contribution < 1.29 is 17.9 Å². The number of carbonyl (C=O) groups excluding carboxylic acids is 1. The lowest BCUT2D eigenvalue weighted by molar-refractivity contribution is 0.0600. The van der Waals surface area contributed by atoms with Crippen LogP contribution in [0.4, 0.5) is 5.82 Å². The molecule has 0 saturated heterocycles. The van der Waals surface area contributed by atoms with Gasteiger partial charge in [-0.2, -0.15) is 0 Å². The molecule has 6 nitrogen and oxygen atoms in total. The highest BCUT2D eigenvalue weighted by molar-refractivity contribution is 9.10. The highest BCUT2D eigenvalue weighted by Crippen LogP contribution is 2.18. The SMILES string of the molecule is COC(=O)c1ccc(S(=O)(=O)Nc2cc(Br)ccn2)cc1. The fourth-order valence-corrected chi connectivity index (χ4v) is 2.88. The lowest BCUT2D eigenvalue weighted by atomic mass is 10.2. The molecule has 0 fully saturated rings. The summed E-state index contributed by atoms with van der Waals surface area (Å²) in [4.78, 5) is 15.2. The van der Waals surface area contributed by atoms with Crippen molar-refractivity contribution in [3.8, 4) is 0 Å². The Bertz CT molecular complexity index is 760. The van der Waals surface area contributed by atoms with E-state index in [0.29, 0.717) is 4.47 Å². The summed E-state index contributed by atoms with van der Waals surface area (Å²) in [5, 5.41) is 0. The van der Waals surface area contributed by atoms with Crippen LogP contribution in [0, 0.1) is 0 Å². The van der Waals surface area contributed by atoms with E-state index >= 15 is 0 Å². The first-order valence-corrected chi connectivity index (χ1v) is 8.03. The number of hydrogen-bond donors (Lipinski definition) is 1. The Morgan fingerprint density at radius 3 is 2.48 bits per heavy atom. The van der Waals surface area contributed by atoms with Crippen molar-refractivity contribution in [3.05, 3.63) is 52.6 Å². The van der Waals surface area contributed by atoms with Crippen LogP contribution in [-0.4, -0.2) is 26.5 Å². The molecule has 2 aromatic rings. The topological polar surface area (TPSA) is 85.4 Å². The van der Waals surface area contributed by atoms with Crippen molar-refractivity contribution >= 4 is 37.7 Å². The summed E-state index contributed by atoms with van der Waals surface area (Å²) < 4.78 is 32.0. The average molecular weight is 371 g/mol. The molecule has 0 bridgehead atoms. The quantitative estimate of drug-likeness (QED) is 0.835. The van der Waals surface area contributed by atoms with Gasteiger partial charge in [0, 0.05) is 10.7 Å². The van der Waals surface area contributed by atoms with Gasteiger partial charge in [-0.3, -0.25) is 4.72 Å². The fraction of sp³-hybridized carbons (Fsp3) is 0.0769. The number of methoxy groups -OCH3 is 1. The molecular formula is C13H11BrN2O4S. The van der Waals surface area contributed by atoms with Crippen LogP contribution >= 0.6 is 15.9 Å². The van der Waals surface area contributed by atoms with Crippen molar-refractivity contribution in [1.82, 2.24) is 4.98 Å². The Labute approximate surface area is 130 Å². The largest absolute Gasteiger partial charge is 0.465 e. The zero-order valence-corrected chi connectivity index (χ0v) is 13.3. The molecule has 0 aliphatic carbocycles. The molecule has 2 rings (SSSR count). The van der Waals surface area contributed by atoms with E-state index in [1.54, 1.807) is 12.1 Å². The van der Waals surface area contributed by atoms with E-state index in [4.69, 9.17) is 0 Å². The second-order valence-electron chi connectivity index (χ2n) is 3.98. The Morgan fingerprint density at radius 2 is 1.90 bits per heavy atom. The van der Waals surface area contributed by atoms with Crippen LogP contribution in [-0.2, 0) is 14.8 Å². The van der Waals surface area contributed by atoms with Gasteiger partial charge in [0.05, 0.1) is 17.6 Å². The van der Waals surface area contributed by atoms with E-state index in [1.807, 2.05) is 0 Å². The maximum absolute atomic E-state index is 12.2. The first-order chi connectivity index (χ1) is 9.92. The van der Waals surface area contributed by atoms with Gasteiger partial charge in [0.15, 0.2) is 0 Å². The van der Waals surface area contributed by atoms with Gasteiger partial charge >= 0.3 is 5.97 Å². The lowest BCUT2D eigenvalue weighted by Crippen LogP contribution is -2.14. The van der Waals surface area contributed by atoms with Crippen LogP contribution in [0.25, 0.3) is 0 Å². The number of hydrogen-bond acceptors (Lipinski definition) is 5. The second kappa shape index (κ2) is 6.23. The van der Waals surface area contributed by atoms with Gasteiger partial charge in [-0.15, -0.1) is 0 Å². The monoisotopic (exact) mass is 370 g/mol. The highest BCUT2D eigenvalue weighted by atomic mass is 79.9. The Kier molecular flexibility index (Phi) is 4.59. The van der Waals surface area contributed by atoms with Gasteiger partial charge in [0.2, 0.25) is 0 Å². The Morgan fingerprint density at radius 1 is 1.24 bits per heavy atom. The number of halogens is 1. The second-order valence-corrected chi connectivity index (χ2v) is 6.58. The van der Waals surface area contributed by atoms with Crippen LogP contribution in [0.15, 0.2) is 52.0 Å². The molecule has 0 aliphatic heterocycles. The number of rotatable bonds is 4. The number of sulfonamides is 1. The standard InChI is InChI=1S/C13H11BrN2O4S/c1-20-13(17)9-2-4-11(5-3-9)21(18,19)16-12-8-10(14)6-7-15-12/h2-8H,1H3,(H,15,16). The zero-order chi connectivity index (χ0) is 15.5. The third-order valence-electron chi connectivity index (χ3n) is 2.55. The molecule has 21 heavy (non-hydrogen) atoms. The molecule has 1 aromatic heterocycles. The van der Waals surface area contributed by atoms with Crippen LogP contribution in [0.1, 0.15) is 10.4 Å². The minimum atomic E-state index is -3.76. The third-order valence-corrected chi connectivity index (χ3v) is 4.41. The maximum Gasteiger partial charge on any atom is 0.337 e. The number of benzene rings is 1. The number of ether oxygens (including phenoxy) is 1. The number of esters is 1. The fourth-order valence-electron chi connectivity index (χ4n) is 1.55. The summed E-state index contributed by atoms with van der Waals surface area (Å²) in [6, 6.07) is 8.64. The van der Waals surface area contributed by atoms with Crippen molar-refractivity contribution in [2.45, 2.75) is 4.90 Å². The molecule has 0 spiro atoms. The lowest BCUT2D eigenvalue weighted by Gasteiger charge is -2.08. The molecule has 0 radical (unpaired) electrons. The van der Waals surface area contributed by atoms with Gasteiger partial charge < -0.3 is 4.74 Å². The van der Waals surface area contributed by atoms with E-state index in [9.17, 15) is 13.2 Å². The predicted molar refractivity (Wildman–Crippen MR) is 80.5 cm³/mol. The van der Waals surface area contributed by atoms with Gasteiger partial charge in [-0.1, -0.05) is 15.9 Å². The number of aromatic nitrogens is 1. The molecule has 8 heteroatoms. The summed E-state index contributed by atoms with van der Waals surface area (Å²) in [5.41, 5.74) is 0.275. The highest BCUT2D eigenvalue weighted by Gasteiger charge is 2.16. The predicted octanol–water partition coefficient (Wildman–Crippen LogP) is 2.43. The molecule has 1 N–H and O–H groups in total. The van der Waals surface area contributed by atoms with Crippen LogP contribution in [0.3, 0.4) is 0 Å². The van der Waals surface area contributed by atoms with Crippen molar-refractivity contribution in [2.24, 2.45) is 0 Å². The summed E-state index contributed by atoms with van der Waals surface area (Å²) in [6.45, 7) is 0. The molecule has 0 unspecified atom stereocenters. The normalized spacial score (nSPS) is 11.0. The molecule has 0 atom stereocenters. The van der Waals surface area contributed by atoms with E-state index in [2.05, 4.69) is 30.4 Å². The molecule has 0 aliphatic rings. The van der Waals surface area contributed by atoms with Gasteiger partial charge in [-0.05, 0) is 36.4 Å². The zero-order valence-electron chi connectivity index (χ0n) is 10.9. The molecule has 0 saturated carbocycles. The minimum Gasteiger partial charge on any atom is -0.465 e. The van der Waals surface area contributed by atoms with E-state index in [1.165, 1.54) is 37.6 Å². The van der Waals surface area contributed by atoms with Gasteiger partial charge in [-0.25, -0.2) is 18.2 Å². The number of nitrogens with zero attached hydrogens (tertiary/aromatic N) is 1. The first-order valence-electron chi connectivity index (χ1n) is 5.75. The van der Waals surface area contributed by atoms with Crippen molar-refractivity contribution in [2.75, 3.05) is 11.8 Å². The van der Waals surface area contributed by atoms with E-state index in [0.717, 1.165) is 0 Å². The third kappa shape index (κ3) is 3.79. The molecule has 0 amide bonds. The number of anilines is 1. The average Bonchev–Trinajstić information content (AvgIpc) is 2.46. The van der Waals surface area contributed by atoms with E-state index in [-0.39, 0.29) is 16.3 Å². The summed E-state index contributed by atoms with van der Waals surface area (Å²) in [5.74, 6) is -0.331. The van der Waals surface area contributed by atoms with Crippen molar-refractivity contribution in [3.63, 3.8) is 0 Å². The molecule has 1 aromatic carbocycles. The minimum absolute atomic E-state index is 0.0249. The number of nitrogens with one attached hydrogen (secondary N) is 1. The van der Waals surface area contributed by atoms with Crippen LogP contribution < -0.4 is 4.72 Å². The number of carbonyl (C=O) groups is 1. The maximum atomic E-state index is 12.2. The van der Waals surface area contributed by atoms with Gasteiger partial charge in [0.25, 0.3) is 10.0 Å². The summed E-state index contributed by atoms with van der Waals surface area (Å²) >= 11 is 3.23. The van der Waals surface area contributed by atoms with Crippen LogP contribution in [0.2, 0.25) is 0 Å². The summed E-state index contributed by atoms with van der Waals surface area (Å²) in [6.07, 6.45) is 1.47. The Balaban J connectivity index is 2.25. The summed E-state index contributed by atoms with van der Waals surface area (Å²) in [7, 11) is -2.51. The molecule has 110 valence electrons. The van der Waals surface area contributed by atoms with Gasteiger partial charge in [0.1, 0.15) is 5.82 Å². The van der Waals surface area contributed by atoms with E-state index < -0.39 is 16.0 Å². The van der Waals surface area contributed by atoms with Crippen molar-refractivity contribution in [1.29, 1.82) is 0 Å². The molecule has 1 heterocycles. The molecular weight excluding hydrogens is 360 g/mol. The Hall–Kier alpha value is -1.93.